The van der Waals surface area contributed by atoms with E-state index in [-0.39, 0.29) is 17.8 Å². The Bertz CT molecular complexity index is 621. The highest BCUT2D eigenvalue weighted by molar-refractivity contribution is 6.29. The second-order valence-electron chi connectivity index (χ2n) is 4.47. The summed E-state index contributed by atoms with van der Waals surface area (Å²) < 4.78 is 10.6. The van der Waals surface area contributed by atoms with Gasteiger partial charge in [-0.3, -0.25) is 4.79 Å². The van der Waals surface area contributed by atoms with Crippen LogP contribution < -0.4 is 4.90 Å². The van der Waals surface area contributed by atoms with Gasteiger partial charge >= 0.3 is 0 Å². The van der Waals surface area contributed by atoms with Crippen LogP contribution >= 0.6 is 11.6 Å². The number of oxazole rings is 1. The van der Waals surface area contributed by atoms with E-state index in [1.165, 1.54) is 0 Å². The molecule has 19 heavy (non-hydrogen) atoms. The molecule has 0 N–H and O–H groups in total. The second-order valence-corrected chi connectivity index (χ2v) is 4.74. The molecule has 3 rings (SSSR count). The standard InChI is InChI=1S/C13H13ClN2O3/c1-8-15-11-3-2-9(4-12(11)19-8)16(13(17)5-14)10-6-18-7-10/h2-4,10H,5-7H2,1H3. The minimum atomic E-state index is -0.134. The number of alkyl halides is 1. The summed E-state index contributed by atoms with van der Waals surface area (Å²) in [6, 6.07) is 5.56. The molecule has 0 saturated carbocycles. The maximum atomic E-state index is 12.0. The van der Waals surface area contributed by atoms with Crippen molar-refractivity contribution in [1.29, 1.82) is 0 Å². The first-order chi connectivity index (χ1) is 9.19. The van der Waals surface area contributed by atoms with Crippen LogP contribution in [-0.2, 0) is 9.53 Å². The summed E-state index contributed by atoms with van der Waals surface area (Å²) in [4.78, 5) is 17.9. The smallest absolute Gasteiger partial charge is 0.242 e. The van der Waals surface area contributed by atoms with Crippen molar-refractivity contribution < 1.29 is 13.9 Å². The lowest BCUT2D eigenvalue weighted by atomic mass is 10.1. The molecule has 0 bridgehead atoms. The van der Waals surface area contributed by atoms with Crippen molar-refractivity contribution >= 4 is 34.3 Å². The van der Waals surface area contributed by atoms with Gasteiger partial charge in [0.25, 0.3) is 0 Å². The summed E-state index contributed by atoms with van der Waals surface area (Å²) in [6.45, 7) is 2.87. The molecule has 0 unspecified atom stereocenters. The van der Waals surface area contributed by atoms with Crippen LogP contribution in [0.2, 0.25) is 0 Å². The first kappa shape index (κ1) is 12.4. The number of carbonyl (C=O) groups is 1. The summed E-state index contributed by atoms with van der Waals surface area (Å²) in [5.41, 5.74) is 2.22. The third kappa shape index (κ3) is 2.19. The van der Waals surface area contributed by atoms with Crippen molar-refractivity contribution in [3.63, 3.8) is 0 Å². The molecule has 1 amide bonds. The van der Waals surface area contributed by atoms with E-state index in [1.807, 2.05) is 18.2 Å². The third-order valence-corrected chi connectivity index (χ3v) is 3.35. The summed E-state index contributed by atoms with van der Waals surface area (Å²) in [5, 5.41) is 0. The van der Waals surface area contributed by atoms with Crippen LogP contribution in [0.25, 0.3) is 11.1 Å². The van der Waals surface area contributed by atoms with Crippen LogP contribution in [-0.4, -0.2) is 36.0 Å². The SMILES string of the molecule is Cc1nc2ccc(N(C(=O)CCl)C3COC3)cc2o1. The van der Waals surface area contributed by atoms with Gasteiger partial charge in [-0.1, -0.05) is 0 Å². The molecule has 0 spiro atoms. The lowest BCUT2D eigenvalue weighted by Crippen LogP contribution is -2.52. The molecular formula is C13H13ClN2O3. The van der Waals surface area contributed by atoms with Gasteiger partial charge in [0.2, 0.25) is 5.91 Å². The summed E-state index contributed by atoms with van der Waals surface area (Å²) >= 11 is 5.68. The predicted molar refractivity (Wildman–Crippen MR) is 71.6 cm³/mol. The molecule has 6 heteroatoms. The number of ether oxygens (including phenoxy) is 1. The van der Waals surface area contributed by atoms with Crippen LogP contribution in [0.15, 0.2) is 22.6 Å². The number of nitrogens with zero attached hydrogens (tertiary/aromatic N) is 2. The number of amides is 1. The van der Waals surface area contributed by atoms with E-state index in [0.717, 1.165) is 11.2 Å². The zero-order valence-electron chi connectivity index (χ0n) is 10.4. The predicted octanol–water partition coefficient (Wildman–Crippen LogP) is 2.11. The minimum Gasteiger partial charge on any atom is -0.441 e. The topological polar surface area (TPSA) is 55.6 Å². The average molecular weight is 281 g/mol. The van der Waals surface area contributed by atoms with Crippen molar-refractivity contribution in [1.82, 2.24) is 4.98 Å². The second kappa shape index (κ2) is 4.83. The summed E-state index contributed by atoms with van der Waals surface area (Å²) in [6.07, 6.45) is 0. The first-order valence-electron chi connectivity index (χ1n) is 6.02. The van der Waals surface area contributed by atoms with E-state index >= 15 is 0 Å². The van der Waals surface area contributed by atoms with Gasteiger partial charge in [-0.05, 0) is 12.1 Å². The van der Waals surface area contributed by atoms with Gasteiger partial charge in [0, 0.05) is 18.7 Å². The molecule has 5 nitrogen and oxygen atoms in total. The fraction of sp³-hybridized carbons (Fsp3) is 0.385. The normalized spacial score (nSPS) is 15.5. The van der Waals surface area contributed by atoms with E-state index < -0.39 is 0 Å². The molecule has 100 valence electrons. The van der Waals surface area contributed by atoms with Crippen LogP contribution in [0, 0.1) is 6.92 Å². The van der Waals surface area contributed by atoms with Crippen molar-refractivity contribution in [2.45, 2.75) is 13.0 Å². The van der Waals surface area contributed by atoms with Crippen LogP contribution in [0.3, 0.4) is 0 Å². The lowest BCUT2D eigenvalue weighted by molar-refractivity contribution is -0.119. The number of halogens is 1. The zero-order valence-corrected chi connectivity index (χ0v) is 11.2. The summed E-state index contributed by atoms with van der Waals surface area (Å²) in [7, 11) is 0. The number of aromatic nitrogens is 1. The van der Waals surface area contributed by atoms with Gasteiger partial charge in [0.05, 0.1) is 19.3 Å². The quantitative estimate of drug-likeness (QED) is 0.808. The Morgan fingerprint density at radius 2 is 2.32 bits per heavy atom. The average Bonchev–Trinajstić information content (AvgIpc) is 2.71. The number of aryl methyl sites for hydroxylation is 1. The minimum absolute atomic E-state index is 0.0488. The number of anilines is 1. The molecule has 0 aliphatic carbocycles. The van der Waals surface area contributed by atoms with Crippen LogP contribution in [0.5, 0.6) is 0 Å². The Morgan fingerprint density at radius 3 is 2.95 bits per heavy atom. The van der Waals surface area contributed by atoms with Gasteiger partial charge < -0.3 is 14.1 Å². The van der Waals surface area contributed by atoms with E-state index in [9.17, 15) is 4.79 Å². The number of fused-ring (bicyclic) bond motifs is 1. The molecule has 1 aromatic carbocycles. The Kier molecular flexibility index (Phi) is 3.16. The highest BCUT2D eigenvalue weighted by atomic mass is 35.5. The Balaban J connectivity index is 2.00. The van der Waals surface area contributed by atoms with E-state index in [4.69, 9.17) is 20.8 Å². The van der Waals surface area contributed by atoms with E-state index in [2.05, 4.69) is 4.98 Å². The molecule has 1 aliphatic heterocycles. The number of rotatable bonds is 3. The Morgan fingerprint density at radius 1 is 1.53 bits per heavy atom. The number of hydrogen-bond acceptors (Lipinski definition) is 4. The fourth-order valence-electron chi connectivity index (χ4n) is 2.17. The third-order valence-electron chi connectivity index (χ3n) is 3.13. The van der Waals surface area contributed by atoms with Crippen molar-refractivity contribution in [2.75, 3.05) is 24.0 Å². The highest BCUT2D eigenvalue weighted by Gasteiger charge is 2.30. The van der Waals surface area contributed by atoms with E-state index in [1.54, 1.807) is 11.8 Å². The van der Waals surface area contributed by atoms with Gasteiger partial charge in [0.1, 0.15) is 11.4 Å². The molecular weight excluding hydrogens is 268 g/mol. The number of carbonyl (C=O) groups excluding carboxylic acids is 1. The Hall–Kier alpha value is -1.59. The van der Waals surface area contributed by atoms with Gasteiger partial charge in [-0.15, -0.1) is 11.6 Å². The summed E-state index contributed by atoms with van der Waals surface area (Å²) in [5.74, 6) is 0.421. The Labute approximate surface area is 115 Å². The van der Waals surface area contributed by atoms with Gasteiger partial charge in [-0.2, -0.15) is 0 Å². The highest BCUT2D eigenvalue weighted by Crippen LogP contribution is 2.26. The molecule has 0 atom stereocenters. The zero-order chi connectivity index (χ0) is 13.4. The maximum Gasteiger partial charge on any atom is 0.242 e. The molecule has 1 fully saturated rings. The molecule has 1 saturated heterocycles. The van der Waals surface area contributed by atoms with Crippen molar-refractivity contribution in [3.05, 3.63) is 24.1 Å². The molecule has 1 aliphatic rings. The molecule has 0 radical (unpaired) electrons. The van der Waals surface area contributed by atoms with Crippen LogP contribution in [0.4, 0.5) is 5.69 Å². The van der Waals surface area contributed by atoms with Crippen LogP contribution in [0.1, 0.15) is 5.89 Å². The molecule has 1 aromatic heterocycles. The molecule has 2 heterocycles. The lowest BCUT2D eigenvalue weighted by Gasteiger charge is -2.36. The fourth-order valence-corrected chi connectivity index (χ4v) is 2.30. The number of hydrogen-bond donors (Lipinski definition) is 0. The largest absolute Gasteiger partial charge is 0.441 e. The van der Waals surface area contributed by atoms with E-state index in [0.29, 0.717) is 24.7 Å². The molecule has 2 aromatic rings. The van der Waals surface area contributed by atoms with Crippen molar-refractivity contribution in [2.24, 2.45) is 0 Å². The van der Waals surface area contributed by atoms with Gasteiger partial charge in [-0.25, -0.2) is 4.98 Å². The first-order valence-corrected chi connectivity index (χ1v) is 6.55. The number of benzene rings is 1. The van der Waals surface area contributed by atoms with Gasteiger partial charge in [0.15, 0.2) is 11.5 Å². The monoisotopic (exact) mass is 280 g/mol. The maximum absolute atomic E-state index is 12.0. The van der Waals surface area contributed by atoms with Crippen molar-refractivity contribution in [3.8, 4) is 0 Å².